The van der Waals surface area contributed by atoms with E-state index in [2.05, 4.69) is 0 Å². The highest BCUT2D eigenvalue weighted by atomic mass is 35.5. The maximum atomic E-state index is 12.4. The van der Waals surface area contributed by atoms with Gasteiger partial charge in [-0.3, -0.25) is 0 Å². The summed E-state index contributed by atoms with van der Waals surface area (Å²) in [6, 6.07) is 3.70. The molecule has 19 heavy (non-hydrogen) atoms. The van der Waals surface area contributed by atoms with Crippen molar-refractivity contribution in [3.8, 4) is 0 Å². The lowest BCUT2D eigenvalue weighted by Gasteiger charge is -2.21. The Kier molecular flexibility index (Phi) is 3.85. The molecule has 0 spiro atoms. The van der Waals surface area contributed by atoms with Gasteiger partial charge in [-0.15, -0.1) is 0 Å². The van der Waals surface area contributed by atoms with Gasteiger partial charge in [0.2, 0.25) is 10.0 Å². The summed E-state index contributed by atoms with van der Waals surface area (Å²) in [7, 11) is -3.65. The van der Waals surface area contributed by atoms with Crippen molar-refractivity contribution in [2.75, 3.05) is 6.54 Å². The van der Waals surface area contributed by atoms with Crippen molar-refractivity contribution in [1.29, 1.82) is 0 Å². The Hall–Kier alpha value is -1.11. The van der Waals surface area contributed by atoms with Gasteiger partial charge in [0.1, 0.15) is 0 Å². The second-order valence-electron chi connectivity index (χ2n) is 4.55. The van der Waals surface area contributed by atoms with Gasteiger partial charge in [0.05, 0.1) is 15.5 Å². The average molecular weight is 304 g/mol. The number of hydrogen-bond donors (Lipinski definition) is 1. The van der Waals surface area contributed by atoms with E-state index in [1.54, 1.807) is 0 Å². The van der Waals surface area contributed by atoms with Crippen LogP contribution < -0.4 is 0 Å². The molecule has 1 N–H and O–H groups in total. The van der Waals surface area contributed by atoms with Crippen molar-refractivity contribution in [3.63, 3.8) is 0 Å². The zero-order chi connectivity index (χ0) is 14.2. The lowest BCUT2D eigenvalue weighted by Crippen LogP contribution is -2.33. The topological polar surface area (TPSA) is 74.7 Å². The molecule has 1 saturated heterocycles. The minimum atomic E-state index is -3.65. The summed E-state index contributed by atoms with van der Waals surface area (Å²) in [6.45, 7) is 2.31. The Morgan fingerprint density at radius 1 is 1.47 bits per heavy atom. The van der Waals surface area contributed by atoms with E-state index in [1.807, 2.05) is 6.92 Å². The van der Waals surface area contributed by atoms with E-state index in [-0.39, 0.29) is 21.5 Å². The minimum absolute atomic E-state index is 0.0250. The largest absolute Gasteiger partial charge is 0.478 e. The highest BCUT2D eigenvalue weighted by molar-refractivity contribution is 7.89. The van der Waals surface area contributed by atoms with Crippen molar-refractivity contribution in [2.24, 2.45) is 0 Å². The molecule has 7 heteroatoms. The van der Waals surface area contributed by atoms with E-state index in [4.69, 9.17) is 16.7 Å². The van der Waals surface area contributed by atoms with Gasteiger partial charge in [-0.1, -0.05) is 11.6 Å². The number of halogens is 1. The van der Waals surface area contributed by atoms with Gasteiger partial charge in [-0.2, -0.15) is 4.31 Å². The third kappa shape index (κ3) is 2.61. The van der Waals surface area contributed by atoms with Crippen LogP contribution in [0.2, 0.25) is 5.02 Å². The predicted octanol–water partition coefficient (Wildman–Crippen LogP) is 2.21. The van der Waals surface area contributed by atoms with Crippen molar-refractivity contribution >= 4 is 27.6 Å². The zero-order valence-corrected chi connectivity index (χ0v) is 11.9. The fraction of sp³-hybridized carbons (Fsp3) is 0.417. The quantitative estimate of drug-likeness (QED) is 0.929. The van der Waals surface area contributed by atoms with Crippen LogP contribution in [0.4, 0.5) is 0 Å². The first kappa shape index (κ1) is 14.3. The van der Waals surface area contributed by atoms with Crippen LogP contribution in [0.3, 0.4) is 0 Å². The van der Waals surface area contributed by atoms with E-state index in [1.165, 1.54) is 16.4 Å². The number of nitrogens with zero attached hydrogens (tertiary/aromatic N) is 1. The summed E-state index contributed by atoms with van der Waals surface area (Å²) < 4.78 is 26.2. The molecule has 1 aromatic rings. The first-order valence-electron chi connectivity index (χ1n) is 5.88. The number of carbonyl (C=O) groups is 1. The molecular weight excluding hydrogens is 290 g/mol. The van der Waals surface area contributed by atoms with Crippen molar-refractivity contribution in [1.82, 2.24) is 4.31 Å². The monoisotopic (exact) mass is 303 g/mol. The lowest BCUT2D eigenvalue weighted by molar-refractivity contribution is 0.0697. The van der Waals surface area contributed by atoms with Crippen LogP contribution in [0.15, 0.2) is 23.1 Å². The number of carboxylic acid groups (broad SMARTS) is 1. The molecule has 2 rings (SSSR count). The van der Waals surface area contributed by atoms with Crippen LogP contribution in [0.1, 0.15) is 30.1 Å². The molecule has 0 aromatic heterocycles. The maximum Gasteiger partial charge on any atom is 0.337 e. The van der Waals surface area contributed by atoms with Gasteiger partial charge in [0.15, 0.2) is 0 Å². The van der Waals surface area contributed by atoms with Crippen LogP contribution in [0.5, 0.6) is 0 Å². The van der Waals surface area contributed by atoms with E-state index in [0.717, 1.165) is 18.9 Å². The van der Waals surface area contributed by atoms with E-state index in [9.17, 15) is 13.2 Å². The SMILES string of the molecule is CC1CCCN1S(=O)(=O)c1ccc(Cl)c(C(=O)O)c1. The Bertz CT molecular complexity index is 614. The highest BCUT2D eigenvalue weighted by Gasteiger charge is 2.33. The van der Waals surface area contributed by atoms with Crippen molar-refractivity contribution < 1.29 is 18.3 Å². The van der Waals surface area contributed by atoms with Gasteiger partial charge in [-0.25, -0.2) is 13.2 Å². The van der Waals surface area contributed by atoms with Crippen LogP contribution in [-0.2, 0) is 10.0 Å². The zero-order valence-electron chi connectivity index (χ0n) is 10.3. The van der Waals surface area contributed by atoms with Crippen LogP contribution >= 0.6 is 11.6 Å². The number of hydrogen-bond acceptors (Lipinski definition) is 3. The summed E-state index contributed by atoms with van der Waals surface area (Å²) in [5, 5.41) is 9.01. The first-order valence-corrected chi connectivity index (χ1v) is 7.70. The fourth-order valence-electron chi connectivity index (χ4n) is 2.23. The molecule has 1 aromatic carbocycles. The molecule has 0 bridgehead atoms. The van der Waals surface area contributed by atoms with Crippen molar-refractivity contribution in [3.05, 3.63) is 28.8 Å². The predicted molar refractivity (Wildman–Crippen MR) is 71.0 cm³/mol. The van der Waals surface area contributed by atoms with Crippen LogP contribution in [0, 0.1) is 0 Å². The molecule has 1 unspecified atom stereocenters. The van der Waals surface area contributed by atoms with Gasteiger partial charge < -0.3 is 5.11 Å². The molecule has 1 atom stereocenters. The average Bonchev–Trinajstić information content (AvgIpc) is 2.76. The standard InChI is InChI=1S/C12H14ClNO4S/c1-8-3-2-6-14(8)19(17,18)9-4-5-11(13)10(7-9)12(15)16/h4-5,7-8H,2-3,6H2,1H3,(H,15,16). The van der Waals surface area contributed by atoms with Gasteiger partial charge in [0.25, 0.3) is 0 Å². The van der Waals surface area contributed by atoms with E-state index in [0.29, 0.717) is 6.54 Å². The second-order valence-corrected chi connectivity index (χ2v) is 6.85. The van der Waals surface area contributed by atoms with Gasteiger partial charge >= 0.3 is 5.97 Å². The summed E-state index contributed by atoms with van der Waals surface area (Å²) >= 11 is 5.74. The molecule has 5 nitrogen and oxygen atoms in total. The van der Waals surface area contributed by atoms with Crippen LogP contribution in [-0.4, -0.2) is 36.4 Å². The molecule has 1 aliphatic heterocycles. The number of benzene rings is 1. The maximum absolute atomic E-state index is 12.4. The molecule has 1 heterocycles. The summed E-state index contributed by atoms with van der Waals surface area (Å²) in [4.78, 5) is 11.0. The smallest absolute Gasteiger partial charge is 0.337 e. The van der Waals surface area contributed by atoms with Crippen molar-refractivity contribution in [2.45, 2.75) is 30.7 Å². The minimum Gasteiger partial charge on any atom is -0.478 e. The lowest BCUT2D eigenvalue weighted by atomic mass is 10.2. The van der Waals surface area contributed by atoms with Crippen LogP contribution in [0.25, 0.3) is 0 Å². The normalized spacial score (nSPS) is 20.6. The third-order valence-corrected chi connectivity index (χ3v) is 5.61. The van der Waals surface area contributed by atoms with E-state index < -0.39 is 16.0 Å². The highest BCUT2D eigenvalue weighted by Crippen LogP contribution is 2.28. The molecule has 0 saturated carbocycles. The molecule has 104 valence electrons. The summed E-state index contributed by atoms with van der Waals surface area (Å²) in [6.07, 6.45) is 1.64. The van der Waals surface area contributed by atoms with Gasteiger partial charge in [-0.05, 0) is 38.0 Å². The number of carboxylic acids is 1. The third-order valence-electron chi connectivity index (χ3n) is 3.27. The Morgan fingerprint density at radius 3 is 2.68 bits per heavy atom. The Balaban J connectivity index is 2.46. The first-order chi connectivity index (χ1) is 8.84. The molecular formula is C12H14ClNO4S. The molecule has 0 amide bonds. The fourth-order valence-corrected chi connectivity index (χ4v) is 4.15. The Labute approximate surface area is 116 Å². The number of aromatic carboxylic acids is 1. The Morgan fingerprint density at radius 2 is 2.16 bits per heavy atom. The molecule has 0 radical (unpaired) electrons. The number of sulfonamides is 1. The summed E-state index contributed by atoms with van der Waals surface area (Å²) in [5.74, 6) is -1.24. The molecule has 1 fully saturated rings. The molecule has 1 aliphatic rings. The molecule has 0 aliphatic carbocycles. The second kappa shape index (κ2) is 5.11. The van der Waals surface area contributed by atoms with E-state index >= 15 is 0 Å². The van der Waals surface area contributed by atoms with Gasteiger partial charge in [0, 0.05) is 12.6 Å². The summed E-state index contributed by atoms with van der Waals surface area (Å²) in [5.41, 5.74) is -0.199. The number of rotatable bonds is 3.